The molecule has 3 fully saturated rings. The molecule has 2 aromatic carbocycles. The molecule has 0 bridgehead atoms. The summed E-state index contributed by atoms with van der Waals surface area (Å²) in [4.78, 5) is 21.4. The van der Waals surface area contributed by atoms with E-state index in [2.05, 4.69) is 44.1 Å². The van der Waals surface area contributed by atoms with Crippen LogP contribution in [0.15, 0.2) is 54.7 Å². The molecule has 9 nitrogen and oxygen atoms in total. The summed E-state index contributed by atoms with van der Waals surface area (Å²) in [7, 11) is 5.97. The van der Waals surface area contributed by atoms with Crippen LogP contribution < -0.4 is 20.0 Å². The van der Waals surface area contributed by atoms with E-state index in [0.29, 0.717) is 29.9 Å². The van der Waals surface area contributed by atoms with Gasteiger partial charge in [0, 0.05) is 49.5 Å². The molecular formula is C33H42F3N7O2. The standard InChI is InChI=1S/C33H42F3N7O2/c1-40(2)25-11-16-41(17-12-25)26-13-18-42(19-14-26)29-10-9-24(21-30(29)44-3)38-32-37-22-27(33(34,35)36)31(39-32)43-28(15-20-45-43)23-7-5-4-6-8-23/h4-10,21-22,25-26,28H,11-20H2,1-3H3,(H,37,38,39)/t28-/m0/s1. The Balaban J connectivity index is 1.16. The van der Waals surface area contributed by atoms with Gasteiger partial charge in [-0.25, -0.2) is 10.0 Å². The molecule has 6 rings (SSSR count). The Kier molecular flexibility index (Phi) is 9.34. The first kappa shape index (κ1) is 31.4. The number of benzene rings is 2. The number of halogens is 3. The van der Waals surface area contributed by atoms with Crippen LogP contribution in [-0.2, 0) is 11.0 Å². The van der Waals surface area contributed by atoms with Crippen LogP contribution in [-0.4, -0.2) is 85.8 Å². The smallest absolute Gasteiger partial charge is 0.421 e. The highest BCUT2D eigenvalue weighted by Crippen LogP contribution is 2.42. The summed E-state index contributed by atoms with van der Waals surface area (Å²) in [6, 6.07) is 15.9. The second kappa shape index (κ2) is 13.4. The van der Waals surface area contributed by atoms with Crippen molar-refractivity contribution in [2.75, 3.05) is 69.3 Å². The maximum atomic E-state index is 14.1. The predicted octanol–water partition coefficient (Wildman–Crippen LogP) is 6.13. The van der Waals surface area contributed by atoms with E-state index in [0.717, 1.165) is 56.5 Å². The Labute approximate surface area is 262 Å². The molecule has 4 heterocycles. The molecule has 1 atom stereocenters. The fourth-order valence-electron chi connectivity index (χ4n) is 6.84. The van der Waals surface area contributed by atoms with Crippen molar-refractivity contribution in [2.24, 2.45) is 0 Å². The summed E-state index contributed by atoms with van der Waals surface area (Å²) in [5.74, 6) is 0.405. The largest absolute Gasteiger partial charge is 0.495 e. The Morgan fingerprint density at radius 3 is 2.36 bits per heavy atom. The Hall–Kier alpha value is -3.61. The average molecular weight is 626 g/mol. The third kappa shape index (κ3) is 6.97. The monoisotopic (exact) mass is 625 g/mol. The minimum atomic E-state index is -4.65. The van der Waals surface area contributed by atoms with E-state index >= 15 is 0 Å². The molecule has 3 aliphatic rings. The van der Waals surface area contributed by atoms with Gasteiger partial charge in [-0.05, 0) is 70.6 Å². The van der Waals surface area contributed by atoms with Gasteiger partial charge in [-0.1, -0.05) is 30.3 Å². The van der Waals surface area contributed by atoms with Crippen molar-refractivity contribution in [3.8, 4) is 5.75 Å². The maximum Gasteiger partial charge on any atom is 0.421 e. The predicted molar refractivity (Wildman–Crippen MR) is 169 cm³/mol. The zero-order chi connectivity index (χ0) is 31.6. The van der Waals surface area contributed by atoms with Gasteiger partial charge in [-0.3, -0.25) is 4.84 Å². The SMILES string of the molecule is COc1cc(Nc2ncc(C(F)(F)F)c(N3OCC[C@H]3c3ccccc3)n2)ccc1N1CCC(N2CCC(N(C)C)CC2)CC1. The molecule has 0 spiro atoms. The van der Waals surface area contributed by atoms with Gasteiger partial charge in [-0.2, -0.15) is 18.2 Å². The van der Waals surface area contributed by atoms with Crippen LogP contribution >= 0.6 is 0 Å². The minimum absolute atomic E-state index is 0.0361. The van der Waals surface area contributed by atoms with Gasteiger partial charge in [0.1, 0.15) is 11.3 Å². The molecule has 0 amide bonds. The number of hydroxylamine groups is 1. The molecule has 3 aromatic rings. The first-order valence-electron chi connectivity index (χ1n) is 15.7. The van der Waals surface area contributed by atoms with Crippen molar-refractivity contribution in [1.29, 1.82) is 0 Å². The van der Waals surface area contributed by atoms with Gasteiger partial charge in [0.05, 0.1) is 25.4 Å². The highest BCUT2D eigenvalue weighted by molar-refractivity contribution is 5.68. The van der Waals surface area contributed by atoms with Gasteiger partial charge in [0.15, 0.2) is 5.82 Å². The Morgan fingerprint density at radius 2 is 1.69 bits per heavy atom. The van der Waals surface area contributed by atoms with E-state index in [9.17, 15) is 13.2 Å². The number of aromatic nitrogens is 2. The zero-order valence-corrected chi connectivity index (χ0v) is 26.1. The van der Waals surface area contributed by atoms with Crippen LogP contribution in [0.25, 0.3) is 0 Å². The molecule has 242 valence electrons. The topological polar surface area (TPSA) is 69.2 Å². The molecule has 0 unspecified atom stereocenters. The molecule has 0 saturated carbocycles. The quantitative estimate of drug-likeness (QED) is 0.319. The number of alkyl halides is 3. The summed E-state index contributed by atoms with van der Waals surface area (Å²) in [6.07, 6.45) is 1.34. The van der Waals surface area contributed by atoms with Crippen molar-refractivity contribution in [3.63, 3.8) is 0 Å². The Morgan fingerprint density at radius 1 is 0.956 bits per heavy atom. The van der Waals surface area contributed by atoms with Crippen molar-refractivity contribution < 1.29 is 22.7 Å². The van der Waals surface area contributed by atoms with E-state index in [1.165, 1.54) is 17.9 Å². The second-order valence-electron chi connectivity index (χ2n) is 12.3. The van der Waals surface area contributed by atoms with Crippen LogP contribution in [0.4, 0.5) is 36.3 Å². The number of ether oxygens (including phenoxy) is 1. The summed E-state index contributed by atoms with van der Waals surface area (Å²) in [5.41, 5.74) is 1.52. The van der Waals surface area contributed by atoms with Gasteiger partial charge in [0.2, 0.25) is 5.95 Å². The van der Waals surface area contributed by atoms with E-state index in [4.69, 9.17) is 9.57 Å². The summed E-state index contributed by atoms with van der Waals surface area (Å²) >= 11 is 0. The van der Waals surface area contributed by atoms with E-state index in [1.54, 1.807) is 7.11 Å². The average Bonchev–Trinajstić information content (AvgIpc) is 3.55. The third-order valence-corrected chi connectivity index (χ3v) is 9.36. The number of piperidine rings is 2. The van der Waals surface area contributed by atoms with Gasteiger partial charge < -0.3 is 24.8 Å². The van der Waals surface area contributed by atoms with Gasteiger partial charge in [0.25, 0.3) is 0 Å². The number of anilines is 4. The molecular weight excluding hydrogens is 583 g/mol. The number of hydrogen-bond acceptors (Lipinski definition) is 9. The minimum Gasteiger partial charge on any atom is -0.495 e. The van der Waals surface area contributed by atoms with Crippen LogP contribution in [0, 0.1) is 0 Å². The fourth-order valence-corrected chi connectivity index (χ4v) is 6.84. The van der Waals surface area contributed by atoms with Crippen molar-refractivity contribution >= 4 is 23.1 Å². The number of nitrogens with one attached hydrogen (secondary N) is 1. The second-order valence-corrected chi connectivity index (χ2v) is 12.3. The van der Waals surface area contributed by atoms with E-state index in [1.807, 2.05) is 48.5 Å². The lowest BCUT2D eigenvalue weighted by molar-refractivity contribution is -0.138. The van der Waals surface area contributed by atoms with Crippen molar-refractivity contribution in [1.82, 2.24) is 19.8 Å². The Bertz CT molecular complexity index is 1430. The van der Waals surface area contributed by atoms with Gasteiger partial charge >= 0.3 is 6.18 Å². The van der Waals surface area contributed by atoms with E-state index in [-0.39, 0.29) is 18.4 Å². The van der Waals surface area contributed by atoms with Gasteiger partial charge in [-0.15, -0.1) is 0 Å². The highest BCUT2D eigenvalue weighted by Gasteiger charge is 2.40. The maximum absolute atomic E-state index is 14.1. The lowest BCUT2D eigenvalue weighted by atomic mass is 9.97. The number of methoxy groups -OCH3 is 1. The van der Waals surface area contributed by atoms with Crippen LogP contribution in [0.2, 0.25) is 0 Å². The molecule has 0 aliphatic carbocycles. The number of likely N-dealkylation sites (tertiary alicyclic amines) is 1. The molecule has 45 heavy (non-hydrogen) atoms. The number of nitrogens with zero attached hydrogens (tertiary/aromatic N) is 6. The summed E-state index contributed by atoms with van der Waals surface area (Å²) < 4.78 is 48.0. The lowest BCUT2D eigenvalue weighted by Crippen LogP contribution is -2.50. The zero-order valence-electron chi connectivity index (χ0n) is 26.1. The molecule has 1 N–H and O–H groups in total. The fraction of sp³-hybridized carbons (Fsp3) is 0.515. The van der Waals surface area contributed by atoms with Crippen molar-refractivity contribution in [2.45, 2.75) is 56.4 Å². The first-order chi connectivity index (χ1) is 21.7. The number of hydrogen-bond donors (Lipinski definition) is 1. The summed E-state index contributed by atoms with van der Waals surface area (Å²) in [6.45, 7) is 4.47. The molecule has 3 aliphatic heterocycles. The van der Waals surface area contributed by atoms with Crippen molar-refractivity contribution in [3.05, 3.63) is 65.9 Å². The molecule has 1 aromatic heterocycles. The van der Waals surface area contributed by atoms with Crippen LogP contribution in [0.1, 0.15) is 49.3 Å². The first-order valence-corrected chi connectivity index (χ1v) is 15.7. The molecule has 3 saturated heterocycles. The third-order valence-electron chi connectivity index (χ3n) is 9.36. The number of rotatable bonds is 8. The van der Waals surface area contributed by atoms with E-state index < -0.39 is 17.8 Å². The summed E-state index contributed by atoms with van der Waals surface area (Å²) in [5, 5.41) is 4.35. The highest BCUT2D eigenvalue weighted by atomic mass is 19.4. The molecule has 12 heteroatoms. The lowest BCUT2D eigenvalue weighted by Gasteiger charge is -2.43. The normalized spacial score (nSPS) is 20.6. The van der Waals surface area contributed by atoms with Crippen LogP contribution in [0.5, 0.6) is 5.75 Å². The van der Waals surface area contributed by atoms with Crippen LogP contribution in [0.3, 0.4) is 0 Å². The molecule has 0 radical (unpaired) electrons.